The average Bonchev–Trinajstić information content (AvgIpc) is 3.62. The van der Waals surface area contributed by atoms with Gasteiger partial charge in [0, 0.05) is 12.2 Å². The Morgan fingerprint density at radius 2 is 0.857 bits per heavy atom. The minimum atomic E-state index is 0.576. The Labute approximate surface area is 244 Å². The van der Waals surface area contributed by atoms with Crippen molar-refractivity contribution in [3.05, 3.63) is 143 Å². The summed E-state index contributed by atoms with van der Waals surface area (Å²) < 4.78 is 11.8. The molecule has 0 amide bonds. The average molecular weight is 545 g/mol. The molecule has 0 unspecified atom stereocenters. The van der Waals surface area contributed by atoms with E-state index >= 15 is 0 Å². The normalized spacial score (nSPS) is 11.9. The molecule has 0 aliphatic carbocycles. The molecule has 5 aromatic carbocycles. The summed E-state index contributed by atoms with van der Waals surface area (Å²) in [4.78, 5) is 9.25. The first kappa shape index (κ1) is 25.5. The zero-order valence-electron chi connectivity index (χ0n) is 23.4. The third kappa shape index (κ3) is 5.43. The predicted molar refractivity (Wildman–Crippen MR) is 173 cm³/mol. The molecule has 0 aliphatic heterocycles. The van der Waals surface area contributed by atoms with Crippen LogP contribution in [0.2, 0.25) is 0 Å². The van der Waals surface area contributed by atoms with E-state index in [0.29, 0.717) is 11.8 Å². The van der Waals surface area contributed by atoms with Crippen LogP contribution in [-0.4, -0.2) is 9.97 Å². The van der Waals surface area contributed by atoms with Crippen LogP contribution in [0.5, 0.6) is 0 Å². The fourth-order valence-corrected chi connectivity index (χ4v) is 4.98. The highest BCUT2D eigenvalue weighted by atomic mass is 16.4. The van der Waals surface area contributed by atoms with Gasteiger partial charge in [-0.25, -0.2) is 9.97 Å². The molecule has 7 aromatic rings. The topological polar surface area (TPSA) is 52.1 Å². The number of benzene rings is 5. The Balaban J connectivity index is 1.03. The molecule has 0 bridgehead atoms. The smallest absolute Gasteiger partial charge is 0.220 e. The molecular formula is C38H28N2O2. The van der Waals surface area contributed by atoms with E-state index in [9.17, 15) is 0 Å². The van der Waals surface area contributed by atoms with Gasteiger partial charge in [-0.3, -0.25) is 0 Å². The fourth-order valence-electron chi connectivity index (χ4n) is 4.98. The largest absolute Gasteiger partial charge is 0.437 e. The van der Waals surface area contributed by atoms with Crippen molar-refractivity contribution in [2.45, 2.75) is 13.8 Å². The Kier molecular flexibility index (Phi) is 6.57. The van der Waals surface area contributed by atoms with Crippen LogP contribution in [0.15, 0.2) is 118 Å². The van der Waals surface area contributed by atoms with Crippen LogP contribution in [0.25, 0.3) is 68.8 Å². The third-order valence-corrected chi connectivity index (χ3v) is 7.34. The van der Waals surface area contributed by atoms with Gasteiger partial charge in [0.1, 0.15) is 11.0 Å². The highest BCUT2D eigenvalue weighted by Crippen LogP contribution is 2.28. The van der Waals surface area contributed by atoms with Gasteiger partial charge >= 0.3 is 0 Å². The van der Waals surface area contributed by atoms with Crippen LogP contribution in [-0.2, 0) is 0 Å². The Bertz CT molecular complexity index is 2080. The number of hydrogen-bond donors (Lipinski definition) is 0. The van der Waals surface area contributed by atoms with Crippen molar-refractivity contribution in [1.29, 1.82) is 0 Å². The lowest BCUT2D eigenvalue weighted by atomic mass is 9.99. The molecular weight excluding hydrogens is 516 g/mol. The van der Waals surface area contributed by atoms with Crippen LogP contribution in [0.3, 0.4) is 0 Å². The van der Waals surface area contributed by atoms with Gasteiger partial charge in [0.25, 0.3) is 0 Å². The van der Waals surface area contributed by atoms with Crippen LogP contribution < -0.4 is 0 Å². The Morgan fingerprint density at radius 1 is 0.429 bits per heavy atom. The van der Waals surface area contributed by atoms with E-state index in [0.717, 1.165) is 50.0 Å². The fraction of sp³-hybridized carbons (Fsp3) is 0.0526. The van der Waals surface area contributed by atoms with E-state index in [1.807, 2.05) is 55.5 Å². The molecule has 0 radical (unpaired) electrons. The lowest BCUT2D eigenvalue weighted by Crippen LogP contribution is -1.81. The van der Waals surface area contributed by atoms with E-state index in [1.54, 1.807) is 0 Å². The van der Waals surface area contributed by atoms with Crippen molar-refractivity contribution in [3.63, 3.8) is 0 Å². The summed E-state index contributed by atoms with van der Waals surface area (Å²) in [5.41, 5.74) is 12.5. The highest BCUT2D eigenvalue weighted by molar-refractivity contribution is 5.83. The number of aromatic nitrogens is 2. The minimum absolute atomic E-state index is 0.576. The molecule has 2 aromatic heterocycles. The van der Waals surface area contributed by atoms with Crippen molar-refractivity contribution < 1.29 is 8.83 Å². The molecule has 4 nitrogen and oxygen atoms in total. The summed E-state index contributed by atoms with van der Waals surface area (Å²) >= 11 is 0. The van der Waals surface area contributed by atoms with Gasteiger partial charge in [0.05, 0.1) is 0 Å². The van der Waals surface area contributed by atoms with Gasteiger partial charge in [0.2, 0.25) is 11.8 Å². The molecule has 0 aliphatic rings. The molecule has 0 atom stereocenters. The van der Waals surface area contributed by atoms with Crippen LogP contribution in [0, 0.1) is 13.8 Å². The number of fused-ring (bicyclic) bond motifs is 2. The van der Waals surface area contributed by atoms with Crippen LogP contribution in [0.4, 0.5) is 0 Å². The van der Waals surface area contributed by atoms with Crippen molar-refractivity contribution in [3.8, 4) is 22.3 Å². The van der Waals surface area contributed by atoms with E-state index < -0.39 is 0 Å². The molecule has 0 saturated heterocycles. The second kappa shape index (κ2) is 10.8. The lowest BCUT2D eigenvalue weighted by molar-refractivity contribution is 0.589. The Hall–Kier alpha value is -5.48. The van der Waals surface area contributed by atoms with Gasteiger partial charge in [-0.1, -0.05) is 90.5 Å². The monoisotopic (exact) mass is 544 g/mol. The summed E-state index contributed by atoms with van der Waals surface area (Å²) in [6, 6.07) is 37.7. The standard InChI is InChI=1S/C38H28N2O2/c1-25-3-12-29(13-4-25)30-14-16-31(17-15-30)32-18-20-36-34(24-32)40-38(42-36)22-11-28-8-6-27(7-9-28)10-21-37-39-33-23-26(2)5-19-35(33)41-37/h3-24H,1-2H3. The van der Waals surface area contributed by atoms with Crippen LogP contribution in [0.1, 0.15) is 34.0 Å². The third-order valence-electron chi connectivity index (χ3n) is 7.34. The molecule has 0 fully saturated rings. The van der Waals surface area contributed by atoms with E-state index in [4.69, 9.17) is 13.8 Å². The zero-order chi connectivity index (χ0) is 28.5. The molecule has 0 saturated carbocycles. The van der Waals surface area contributed by atoms with E-state index in [2.05, 4.69) is 96.8 Å². The quantitative estimate of drug-likeness (QED) is 0.209. The first-order valence-electron chi connectivity index (χ1n) is 14.0. The van der Waals surface area contributed by atoms with Gasteiger partial charge in [-0.05, 0) is 89.2 Å². The van der Waals surface area contributed by atoms with Gasteiger partial charge in [-0.2, -0.15) is 0 Å². The summed E-state index contributed by atoms with van der Waals surface area (Å²) in [5.74, 6) is 1.17. The number of hydrogen-bond acceptors (Lipinski definition) is 4. The van der Waals surface area contributed by atoms with Gasteiger partial charge in [0.15, 0.2) is 11.2 Å². The Morgan fingerprint density at radius 3 is 1.43 bits per heavy atom. The summed E-state index contributed by atoms with van der Waals surface area (Å²) in [5, 5.41) is 0. The minimum Gasteiger partial charge on any atom is -0.437 e. The second-order valence-electron chi connectivity index (χ2n) is 10.5. The number of aryl methyl sites for hydroxylation is 2. The summed E-state index contributed by atoms with van der Waals surface area (Å²) in [6.07, 6.45) is 7.80. The first-order valence-corrected chi connectivity index (χ1v) is 14.0. The van der Waals surface area contributed by atoms with E-state index in [-0.39, 0.29) is 0 Å². The predicted octanol–water partition coefficient (Wildman–Crippen LogP) is 10.3. The first-order chi connectivity index (χ1) is 20.6. The van der Waals surface area contributed by atoms with E-state index in [1.165, 1.54) is 16.7 Å². The molecule has 0 N–H and O–H groups in total. The summed E-state index contributed by atoms with van der Waals surface area (Å²) in [6.45, 7) is 4.15. The number of oxazole rings is 2. The van der Waals surface area contributed by atoms with Crippen LogP contribution >= 0.6 is 0 Å². The second-order valence-corrected chi connectivity index (χ2v) is 10.5. The van der Waals surface area contributed by atoms with Gasteiger partial charge in [-0.15, -0.1) is 0 Å². The number of rotatable bonds is 6. The maximum atomic E-state index is 5.98. The maximum Gasteiger partial charge on any atom is 0.220 e. The lowest BCUT2D eigenvalue weighted by Gasteiger charge is -2.05. The molecule has 42 heavy (non-hydrogen) atoms. The molecule has 7 rings (SSSR count). The SMILES string of the molecule is Cc1ccc(-c2ccc(-c3ccc4oc(C=Cc5ccc(C=Cc6nc7cc(C)ccc7o6)cc5)nc4c3)cc2)cc1. The number of nitrogens with zero attached hydrogens (tertiary/aromatic N) is 2. The molecule has 2 heterocycles. The molecule has 4 heteroatoms. The van der Waals surface area contributed by atoms with Crippen molar-refractivity contribution in [2.75, 3.05) is 0 Å². The molecule has 202 valence electrons. The highest BCUT2D eigenvalue weighted by Gasteiger charge is 2.07. The zero-order valence-corrected chi connectivity index (χ0v) is 23.4. The molecule has 0 spiro atoms. The summed E-state index contributed by atoms with van der Waals surface area (Å²) in [7, 11) is 0. The van der Waals surface area contributed by atoms with Gasteiger partial charge < -0.3 is 8.83 Å². The maximum absolute atomic E-state index is 5.98. The van der Waals surface area contributed by atoms with Crippen molar-refractivity contribution in [1.82, 2.24) is 9.97 Å². The van der Waals surface area contributed by atoms with Crippen molar-refractivity contribution >= 4 is 46.5 Å². The van der Waals surface area contributed by atoms with Crippen molar-refractivity contribution in [2.24, 2.45) is 0 Å².